The van der Waals surface area contributed by atoms with Crippen LogP contribution in [0.15, 0.2) is 47.9 Å². The predicted octanol–water partition coefficient (Wildman–Crippen LogP) is 4.30. The highest BCUT2D eigenvalue weighted by molar-refractivity contribution is 7.13. The van der Waals surface area contributed by atoms with E-state index in [0.29, 0.717) is 41.7 Å². The summed E-state index contributed by atoms with van der Waals surface area (Å²) in [5.74, 6) is -0.926. The van der Waals surface area contributed by atoms with Crippen LogP contribution in [0.3, 0.4) is 0 Å². The Morgan fingerprint density at radius 2 is 1.88 bits per heavy atom. The van der Waals surface area contributed by atoms with Crippen molar-refractivity contribution in [3.8, 4) is 22.2 Å². The average Bonchev–Trinajstić information content (AvgIpc) is 3.87. The summed E-state index contributed by atoms with van der Waals surface area (Å²) in [5.41, 5.74) is 0.414. The topological polar surface area (TPSA) is 216 Å². The summed E-state index contributed by atoms with van der Waals surface area (Å²) in [7, 11) is 1.57. The van der Waals surface area contributed by atoms with Crippen molar-refractivity contribution in [2.75, 3.05) is 19.0 Å². The van der Waals surface area contributed by atoms with Crippen LogP contribution in [0.5, 0.6) is 11.6 Å². The van der Waals surface area contributed by atoms with Gasteiger partial charge in [0.2, 0.25) is 17.7 Å². The summed E-state index contributed by atoms with van der Waals surface area (Å²) in [4.78, 5) is 68.2. The molecular formula is C38H44N10O7S. The van der Waals surface area contributed by atoms with E-state index >= 15 is 0 Å². The standard InChI is InChI=1S/C38H44N10O7S/c1-53-24-15-16-26-28(18-24)40-33(31(39-26)30-14-9-17-56-30)54-25-19-29-32(49)43-38(35(51)42-36-44-46-47-45-36)20-22(38)10-5-3-2-4-6-13-27(34(50)48(29)21-25)41-37(52)55-23-11-7-8-12-23/h5,9-10,14-18,22-23,25,27,29H,2-4,6-8,11-13,19-21H2,1H3,(H,41,52)(H,43,49)(H2,42,44,45,46,47,51)/b10-5-/t22-,25+,27-,29-,38+/m0/s1. The molecule has 4 N–H and O–H groups in total. The van der Waals surface area contributed by atoms with Gasteiger partial charge in [0.1, 0.15) is 41.3 Å². The SMILES string of the molecule is COc1ccc2nc(-c3cccs3)c(O[C@@H]3C[C@H]4C(=O)N[C@]5(C(=O)Nc6nn[nH]n6)C[C@@H]5/C=C\CCCCC[C@H](NC(=O)OC5CCCC5)C(=O)N4C3)nc2c1. The van der Waals surface area contributed by atoms with Gasteiger partial charge < -0.3 is 29.7 Å². The molecular weight excluding hydrogens is 741 g/mol. The number of hydrogen-bond donors (Lipinski definition) is 4. The number of amides is 4. The molecule has 2 aliphatic carbocycles. The van der Waals surface area contributed by atoms with Crippen molar-refractivity contribution in [1.82, 2.24) is 46.1 Å². The van der Waals surface area contributed by atoms with Gasteiger partial charge in [0, 0.05) is 18.4 Å². The number of nitrogens with one attached hydrogen (secondary N) is 4. The van der Waals surface area contributed by atoms with Crippen LogP contribution >= 0.6 is 11.3 Å². The molecule has 8 rings (SSSR count). The van der Waals surface area contributed by atoms with E-state index in [1.807, 2.05) is 41.8 Å². The molecule has 4 amide bonds. The maximum Gasteiger partial charge on any atom is 0.408 e. The molecule has 56 heavy (non-hydrogen) atoms. The van der Waals surface area contributed by atoms with Crippen LogP contribution in [0.4, 0.5) is 10.7 Å². The molecule has 2 aliphatic heterocycles. The molecule has 0 radical (unpaired) electrons. The van der Waals surface area contributed by atoms with E-state index in [-0.39, 0.29) is 36.8 Å². The summed E-state index contributed by atoms with van der Waals surface area (Å²) in [6, 6.07) is 7.24. The smallest absolute Gasteiger partial charge is 0.408 e. The quantitative estimate of drug-likeness (QED) is 0.184. The van der Waals surface area contributed by atoms with Gasteiger partial charge in [0.05, 0.1) is 29.6 Å². The Morgan fingerprint density at radius 3 is 2.66 bits per heavy atom. The van der Waals surface area contributed by atoms with Gasteiger partial charge in [0.25, 0.3) is 11.9 Å². The van der Waals surface area contributed by atoms with Crippen molar-refractivity contribution in [2.24, 2.45) is 5.92 Å². The number of methoxy groups -OCH3 is 1. The Kier molecular flexibility index (Phi) is 10.8. The number of carbonyl (C=O) groups excluding carboxylic acids is 4. The maximum absolute atomic E-state index is 14.7. The molecule has 18 heteroatoms. The Balaban J connectivity index is 1.11. The van der Waals surface area contributed by atoms with E-state index in [1.165, 1.54) is 16.2 Å². The molecule has 1 saturated heterocycles. The third-order valence-electron chi connectivity index (χ3n) is 11.0. The van der Waals surface area contributed by atoms with Gasteiger partial charge in [-0.2, -0.15) is 5.21 Å². The van der Waals surface area contributed by atoms with E-state index in [1.54, 1.807) is 13.2 Å². The summed E-state index contributed by atoms with van der Waals surface area (Å²) >= 11 is 1.48. The Labute approximate surface area is 326 Å². The van der Waals surface area contributed by atoms with Gasteiger partial charge in [-0.05, 0) is 80.2 Å². The lowest BCUT2D eigenvalue weighted by atomic mass is 10.0. The highest BCUT2D eigenvalue weighted by atomic mass is 32.1. The maximum atomic E-state index is 14.7. The molecule has 2 saturated carbocycles. The van der Waals surface area contributed by atoms with Crippen LogP contribution in [0.25, 0.3) is 21.6 Å². The third kappa shape index (κ3) is 8.01. The van der Waals surface area contributed by atoms with Gasteiger partial charge >= 0.3 is 6.09 Å². The minimum atomic E-state index is -1.31. The number of rotatable bonds is 8. The predicted molar refractivity (Wildman–Crippen MR) is 204 cm³/mol. The van der Waals surface area contributed by atoms with Crippen molar-refractivity contribution in [3.63, 3.8) is 0 Å². The molecule has 17 nitrogen and oxygen atoms in total. The fraction of sp³-hybridized carbons (Fsp3) is 0.500. The first-order chi connectivity index (χ1) is 27.3. The van der Waals surface area contributed by atoms with Crippen molar-refractivity contribution < 1.29 is 33.4 Å². The van der Waals surface area contributed by atoms with Crippen LogP contribution in [-0.2, 0) is 19.1 Å². The lowest BCUT2D eigenvalue weighted by molar-refractivity contribution is -0.141. The van der Waals surface area contributed by atoms with Gasteiger partial charge in [-0.1, -0.05) is 36.2 Å². The zero-order valence-electron chi connectivity index (χ0n) is 30.9. The minimum absolute atomic E-state index is 0.0138. The number of ether oxygens (including phenoxy) is 3. The Morgan fingerprint density at radius 1 is 1.02 bits per heavy atom. The van der Waals surface area contributed by atoms with Crippen molar-refractivity contribution in [2.45, 2.75) is 100 Å². The number of thiophene rings is 1. The second-order valence-electron chi connectivity index (χ2n) is 14.7. The van der Waals surface area contributed by atoms with Gasteiger partial charge in [-0.3, -0.25) is 19.7 Å². The van der Waals surface area contributed by atoms with Crippen molar-refractivity contribution >= 4 is 52.1 Å². The number of tetrazole rings is 1. The second kappa shape index (κ2) is 16.2. The number of alkyl carbamates (subject to hydrolysis) is 1. The zero-order chi connectivity index (χ0) is 38.6. The van der Waals surface area contributed by atoms with Crippen LogP contribution in [0.2, 0.25) is 0 Å². The molecule has 1 aromatic carbocycles. The molecule has 4 aliphatic rings. The number of hydrogen-bond acceptors (Lipinski definition) is 13. The first-order valence-corrected chi connectivity index (χ1v) is 20.0. The summed E-state index contributed by atoms with van der Waals surface area (Å²) in [6.45, 7) is 0.0138. The second-order valence-corrected chi connectivity index (χ2v) is 15.7. The first-order valence-electron chi connectivity index (χ1n) is 19.2. The average molecular weight is 785 g/mol. The molecule has 3 aromatic heterocycles. The van der Waals surface area contributed by atoms with Crippen molar-refractivity contribution in [3.05, 3.63) is 47.9 Å². The van der Waals surface area contributed by atoms with E-state index in [4.69, 9.17) is 24.2 Å². The summed E-state index contributed by atoms with van der Waals surface area (Å²) in [6.07, 6.45) is 9.86. The van der Waals surface area contributed by atoms with E-state index in [0.717, 1.165) is 49.8 Å². The van der Waals surface area contributed by atoms with Gasteiger partial charge in [-0.15, -0.1) is 16.4 Å². The molecule has 0 bridgehead atoms. The number of allylic oxidation sites excluding steroid dienone is 1. The lowest BCUT2D eigenvalue weighted by Crippen LogP contribution is -2.57. The molecule has 3 fully saturated rings. The number of aromatic amines is 1. The molecule has 5 atom stereocenters. The lowest BCUT2D eigenvalue weighted by Gasteiger charge is -2.30. The van der Waals surface area contributed by atoms with E-state index in [9.17, 15) is 19.2 Å². The van der Waals surface area contributed by atoms with Crippen LogP contribution in [0.1, 0.15) is 70.6 Å². The fourth-order valence-corrected chi connectivity index (χ4v) is 8.59. The zero-order valence-corrected chi connectivity index (χ0v) is 31.8. The minimum Gasteiger partial charge on any atom is -0.497 e. The normalized spacial score (nSPS) is 26.3. The fourth-order valence-electron chi connectivity index (χ4n) is 7.89. The number of nitrogens with zero attached hydrogens (tertiary/aromatic N) is 6. The molecule has 5 heterocycles. The Hall–Kier alpha value is -5.65. The third-order valence-corrected chi connectivity index (χ3v) is 11.8. The number of benzene rings is 1. The largest absolute Gasteiger partial charge is 0.497 e. The molecule has 4 aromatic rings. The monoisotopic (exact) mass is 784 g/mol. The molecule has 294 valence electrons. The Bertz CT molecular complexity index is 2090. The number of anilines is 1. The van der Waals surface area contributed by atoms with Crippen LogP contribution in [0, 0.1) is 5.92 Å². The summed E-state index contributed by atoms with van der Waals surface area (Å²) in [5, 5.41) is 24.0. The number of carbonyl (C=O) groups is 4. The molecule has 0 unspecified atom stereocenters. The van der Waals surface area contributed by atoms with Crippen LogP contribution < -0.4 is 25.4 Å². The number of fused-ring (bicyclic) bond motifs is 3. The van der Waals surface area contributed by atoms with E-state index < -0.39 is 47.5 Å². The molecule has 0 spiro atoms. The number of H-pyrrole nitrogens is 1. The highest BCUT2D eigenvalue weighted by Crippen LogP contribution is 2.46. The van der Waals surface area contributed by atoms with E-state index in [2.05, 4.69) is 36.6 Å². The first kappa shape index (κ1) is 37.3. The number of aromatic nitrogens is 6. The highest BCUT2D eigenvalue weighted by Gasteiger charge is 2.61. The van der Waals surface area contributed by atoms with Crippen LogP contribution in [-0.4, -0.2) is 103 Å². The summed E-state index contributed by atoms with van der Waals surface area (Å²) < 4.78 is 17.8. The van der Waals surface area contributed by atoms with Gasteiger partial charge in [0.15, 0.2) is 0 Å². The van der Waals surface area contributed by atoms with Gasteiger partial charge in [-0.25, -0.2) is 14.8 Å². The van der Waals surface area contributed by atoms with Crippen molar-refractivity contribution in [1.29, 1.82) is 0 Å².